The number of methoxy groups -OCH3 is 1. The van der Waals surface area contributed by atoms with Gasteiger partial charge in [-0.25, -0.2) is 13.1 Å². The van der Waals surface area contributed by atoms with Crippen molar-refractivity contribution in [1.82, 2.24) is 4.72 Å². The van der Waals surface area contributed by atoms with E-state index in [2.05, 4.69) is 9.46 Å². The van der Waals surface area contributed by atoms with E-state index in [0.29, 0.717) is 0 Å². The third-order valence-electron chi connectivity index (χ3n) is 1.49. The Balaban J connectivity index is 3.71. The highest BCUT2D eigenvalue weighted by molar-refractivity contribution is 7.89. The molecule has 0 radical (unpaired) electrons. The summed E-state index contributed by atoms with van der Waals surface area (Å²) in [5, 5.41) is 0. The lowest BCUT2D eigenvalue weighted by Crippen LogP contribution is -2.31. The van der Waals surface area contributed by atoms with Crippen LogP contribution in [0.5, 0.6) is 0 Å². The average molecular weight is 224 g/mol. The van der Waals surface area contributed by atoms with Gasteiger partial charge < -0.3 is 10.5 Å². The smallest absolute Gasteiger partial charge is 0.305 e. The summed E-state index contributed by atoms with van der Waals surface area (Å²) in [6.07, 6.45) is 0.368. The summed E-state index contributed by atoms with van der Waals surface area (Å²) in [7, 11) is -2.02. The van der Waals surface area contributed by atoms with Gasteiger partial charge in [-0.15, -0.1) is 0 Å². The van der Waals surface area contributed by atoms with Gasteiger partial charge in [0, 0.05) is 19.5 Å². The van der Waals surface area contributed by atoms with E-state index in [0.717, 1.165) is 0 Å². The molecule has 0 spiro atoms. The highest BCUT2D eigenvalue weighted by atomic mass is 32.2. The number of carbonyl (C=O) groups excluding carboxylic acids is 1. The Labute approximate surface area is 83.9 Å². The van der Waals surface area contributed by atoms with E-state index in [1.807, 2.05) is 0 Å². The molecule has 0 amide bonds. The van der Waals surface area contributed by atoms with Crippen molar-refractivity contribution in [3.8, 4) is 0 Å². The van der Waals surface area contributed by atoms with Crippen LogP contribution in [0.2, 0.25) is 0 Å². The molecule has 84 valence electrons. The van der Waals surface area contributed by atoms with Gasteiger partial charge in [0.05, 0.1) is 12.9 Å². The van der Waals surface area contributed by atoms with Crippen LogP contribution in [-0.4, -0.2) is 40.3 Å². The second-order valence-corrected chi connectivity index (χ2v) is 4.61. The molecule has 14 heavy (non-hydrogen) atoms. The molecule has 3 N–H and O–H groups in total. The van der Waals surface area contributed by atoms with E-state index >= 15 is 0 Å². The van der Waals surface area contributed by atoms with Gasteiger partial charge in [-0.1, -0.05) is 0 Å². The molecule has 0 aliphatic heterocycles. The Morgan fingerprint density at radius 1 is 1.50 bits per heavy atom. The standard InChI is InChI=1S/C7H16N2O4S/c1-13-7(10)3-2-6-14(11,12)9-5-4-8/h9H,2-6,8H2,1H3. The predicted octanol–water partition coefficient (Wildman–Crippen LogP) is -1.18. The van der Waals surface area contributed by atoms with Gasteiger partial charge in [0.2, 0.25) is 10.0 Å². The molecule has 0 fully saturated rings. The van der Waals surface area contributed by atoms with Crippen molar-refractivity contribution in [3.63, 3.8) is 0 Å². The largest absolute Gasteiger partial charge is 0.469 e. The van der Waals surface area contributed by atoms with E-state index in [4.69, 9.17) is 5.73 Å². The monoisotopic (exact) mass is 224 g/mol. The first-order chi connectivity index (χ1) is 6.52. The van der Waals surface area contributed by atoms with Crippen LogP contribution >= 0.6 is 0 Å². The second-order valence-electron chi connectivity index (χ2n) is 2.68. The minimum atomic E-state index is -3.29. The van der Waals surface area contributed by atoms with Gasteiger partial charge in [-0.05, 0) is 6.42 Å². The first-order valence-electron chi connectivity index (χ1n) is 4.26. The lowest BCUT2D eigenvalue weighted by molar-refractivity contribution is -0.140. The summed E-state index contributed by atoms with van der Waals surface area (Å²) in [6.45, 7) is 0.483. The fraction of sp³-hybridized carbons (Fsp3) is 0.857. The van der Waals surface area contributed by atoms with Crippen molar-refractivity contribution in [2.45, 2.75) is 12.8 Å². The SMILES string of the molecule is COC(=O)CCCS(=O)(=O)NCCN. The summed E-state index contributed by atoms with van der Waals surface area (Å²) < 4.78 is 28.9. The molecule has 0 unspecified atom stereocenters. The maximum absolute atomic E-state index is 11.1. The Kier molecular flexibility index (Phi) is 6.43. The fourth-order valence-electron chi connectivity index (χ4n) is 0.795. The Hall–Kier alpha value is -0.660. The molecule has 0 saturated carbocycles. The number of rotatable bonds is 7. The average Bonchev–Trinajstić information content (AvgIpc) is 2.14. The molecule has 0 aromatic carbocycles. The number of esters is 1. The molecule has 0 rings (SSSR count). The van der Waals surface area contributed by atoms with E-state index in [1.54, 1.807) is 0 Å². The minimum Gasteiger partial charge on any atom is -0.469 e. The van der Waals surface area contributed by atoms with E-state index < -0.39 is 16.0 Å². The van der Waals surface area contributed by atoms with E-state index in [1.165, 1.54) is 7.11 Å². The van der Waals surface area contributed by atoms with Crippen LogP contribution in [-0.2, 0) is 19.6 Å². The summed E-state index contributed by atoms with van der Waals surface area (Å²) >= 11 is 0. The zero-order valence-corrected chi connectivity index (χ0v) is 8.97. The summed E-state index contributed by atoms with van der Waals surface area (Å²) in [4.78, 5) is 10.7. The van der Waals surface area contributed by atoms with Crippen molar-refractivity contribution in [3.05, 3.63) is 0 Å². The molecule has 0 aromatic heterocycles. The third kappa shape index (κ3) is 6.81. The molecule has 0 heterocycles. The van der Waals surface area contributed by atoms with Gasteiger partial charge in [-0.2, -0.15) is 0 Å². The number of hydrogen-bond acceptors (Lipinski definition) is 5. The van der Waals surface area contributed by atoms with Gasteiger partial charge in [-0.3, -0.25) is 4.79 Å². The number of nitrogens with one attached hydrogen (secondary N) is 1. The van der Waals surface area contributed by atoms with Crippen LogP contribution in [0.3, 0.4) is 0 Å². The Morgan fingerprint density at radius 2 is 2.14 bits per heavy atom. The minimum absolute atomic E-state index is 0.0813. The number of sulfonamides is 1. The maximum atomic E-state index is 11.1. The van der Waals surface area contributed by atoms with Crippen LogP contribution in [0.25, 0.3) is 0 Å². The van der Waals surface area contributed by atoms with Gasteiger partial charge in [0.1, 0.15) is 0 Å². The maximum Gasteiger partial charge on any atom is 0.305 e. The molecule has 6 nitrogen and oxygen atoms in total. The lowest BCUT2D eigenvalue weighted by atomic mass is 10.3. The zero-order chi connectivity index (χ0) is 11.0. The Bertz CT molecular complexity index is 263. The summed E-state index contributed by atoms with van der Waals surface area (Å²) in [5.41, 5.74) is 5.13. The highest BCUT2D eigenvalue weighted by Gasteiger charge is 2.10. The number of ether oxygens (including phenoxy) is 1. The van der Waals surface area contributed by atoms with Crippen LogP contribution in [0.4, 0.5) is 0 Å². The quantitative estimate of drug-likeness (QED) is 0.530. The van der Waals surface area contributed by atoms with E-state index in [9.17, 15) is 13.2 Å². The zero-order valence-electron chi connectivity index (χ0n) is 8.15. The molecule has 0 aromatic rings. The van der Waals surface area contributed by atoms with Crippen molar-refractivity contribution in [2.24, 2.45) is 5.73 Å². The lowest BCUT2D eigenvalue weighted by Gasteiger charge is -2.04. The van der Waals surface area contributed by atoms with E-state index in [-0.39, 0.29) is 31.7 Å². The van der Waals surface area contributed by atoms with Gasteiger partial charge >= 0.3 is 5.97 Å². The highest BCUT2D eigenvalue weighted by Crippen LogP contribution is 1.95. The fourth-order valence-corrected chi connectivity index (χ4v) is 1.89. The normalized spacial score (nSPS) is 11.3. The van der Waals surface area contributed by atoms with Crippen molar-refractivity contribution < 1.29 is 17.9 Å². The first kappa shape index (κ1) is 13.3. The number of nitrogens with two attached hydrogens (primary N) is 1. The van der Waals surface area contributed by atoms with Crippen LogP contribution in [0, 0.1) is 0 Å². The third-order valence-corrected chi connectivity index (χ3v) is 2.96. The van der Waals surface area contributed by atoms with Crippen molar-refractivity contribution in [1.29, 1.82) is 0 Å². The number of hydrogen-bond donors (Lipinski definition) is 2. The van der Waals surface area contributed by atoms with Crippen LogP contribution < -0.4 is 10.5 Å². The molecule has 0 bridgehead atoms. The summed E-state index contributed by atoms with van der Waals surface area (Å²) in [5.74, 6) is -0.485. The second kappa shape index (κ2) is 6.74. The molecule has 0 aliphatic carbocycles. The predicted molar refractivity (Wildman–Crippen MR) is 52.1 cm³/mol. The summed E-state index contributed by atoms with van der Waals surface area (Å²) in [6, 6.07) is 0. The van der Waals surface area contributed by atoms with Gasteiger partial charge in [0.25, 0.3) is 0 Å². The molecule has 0 atom stereocenters. The van der Waals surface area contributed by atoms with Crippen LogP contribution in [0.15, 0.2) is 0 Å². The molecule has 0 saturated heterocycles. The molecule has 0 aliphatic rings. The Morgan fingerprint density at radius 3 is 2.64 bits per heavy atom. The molecular weight excluding hydrogens is 208 g/mol. The molecular formula is C7H16N2O4S. The van der Waals surface area contributed by atoms with Crippen LogP contribution in [0.1, 0.15) is 12.8 Å². The first-order valence-corrected chi connectivity index (χ1v) is 5.91. The topological polar surface area (TPSA) is 98.5 Å². The number of carbonyl (C=O) groups is 1. The van der Waals surface area contributed by atoms with Gasteiger partial charge in [0.15, 0.2) is 0 Å². The molecule has 7 heteroatoms. The van der Waals surface area contributed by atoms with Crippen molar-refractivity contribution in [2.75, 3.05) is 26.0 Å². The van der Waals surface area contributed by atoms with Crippen molar-refractivity contribution >= 4 is 16.0 Å².